The molecule has 0 aliphatic heterocycles. The lowest BCUT2D eigenvalue weighted by Crippen LogP contribution is -2.49. The number of carboxylic acids is 1. The van der Waals surface area contributed by atoms with Crippen molar-refractivity contribution >= 4 is 12.0 Å². The van der Waals surface area contributed by atoms with Crippen LogP contribution in [0.15, 0.2) is 0 Å². The number of carboxylic acid groups (broad SMARTS) is 1. The van der Waals surface area contributed by atoms with E-state index in [1.807, 2.05) is 20.8 Å². The molecule has 0 radical (unpaired) electrons. The first-order chi connectivity index (χ1) is 8.52. The van der Waals surface area contributed by atoms with Gasteiger partial charge in [0.1, 0.15) is 0 Å². The van der Waals surface area contributed by atoms with Gasteiger partial charge in [-0.3, -0.25) is 4.79 Å². The number of urea groups is 1. The third-order valence-corrected chi connectivity index (χ3v) is 3.96. The maximum Gasteiger partial charge on any atom is 0.315 e. The van der Waals surface area contributed by atoms with Crippen LogP contribution in [0.2, 0.25) is 0 Å². The Morgan fingerprint density at radius 3 is 2.26 bits per heavy atom. The largest absolute Gasteiger partial charge is 0.481 e. The number of hydrogen-bond acceptors (Lipinski definition) is 2. The fourth-order valence-electron chi connectivity index (χ4n) is 2.10. The van der Waals surface area contributed by atoms with Crippen LogP contribution >= 0.6 is 0 Å². The summed E-state index contributed by atoms with van der Waals surface area (Å²) in [6, 6.07) is -0.652. The molecule has 1 saturated carbocycles. The molecule has 1 rings (SSSR count). The van der Waals surface area contributed by atoms with Crippen molar-refractivity contribution in [3.63, 3.8) is 0 Å². The van der Waals surface area contributed by atoms with Crippen LogP contribution in [0.1, 0.15) is 47.5 Å². The molecule has 5 nitrogen and oxygen atoms in total. The van der Waals surface area contributed by atoms with Crippen molar-refractivity contribution in [3.8, 4) is 0 Å². The molecule has 0 spiro atoms. The molecule has 5 heteroatoms. The lowest BCUT2D eigenvalue weighted by molar-refractivity contribution is -0.138. The van der Waals surface area contributed by atoms with Crippen molar-refractivity contribution in [2.24, 2.45) is 16.7 Å². The van der Waals surface area contributed by atoms with E-state index >= 15 is 0 Å². The topological polar surface area (TPSA) is 78.4 Å². The zero-order valence-corrected chi connectivity index (χ0v) is 12.5. The minimum absolute atomic E-state index is 0.0636. The van der Waals surface area contributed by atoms with E-state index in [1.54, 1.807) is 0 Å². The number of amides is 2. The zero-order valence-electron chi connectivity index (χ0n) is 12.5. The van der Waals surface area contributed by atoms with E-state index in [-0.39, 0.29) is 23.9 Å². The molecule has 110 valence electrons. The Balaban J connectivity index is 2.41. The van der Waals surface area contributed by atoms with Gasteiger partial charge in [-0.1, -0.05) is 34.6 Å². The van der Waals surface area contributed by atoms with Crippen LogP contribution in [0.4, 0.5) is 4.79 Å². The molecule has 2 amide bonds. The minimum Gasteiger partial charge on any atom is -0.481 e. The number of carbonyl (C=O) groups is 2. The molecule has 0 bridgehead atoms. The standard InChI is InChI=1S/C14H26N2O3/c1-13(2,3)10(6-11(17)18)16-12(19)15-8-9-7-14(9,4)5/h9-10H,6-8H2,1-5H3,(H,17,18)(H2,15,16,19). The Labute approximate surface area is 115 Å². The monoisotopic (exact) mass is 270 g/mol. The second kappa shape index (κ2) is 5.39. The molecule has 1 fully saturated rings. The van der Waals surface area contributed by atoms with Crippen molar-refractivity contribution in [1.82, 2.24) is 10.6 Å². The second-order valence-corrected chi connectivity index (χ2v) is 7.26. The first-order valence-electron chi connectivity index (χ1n) is 6.78. The van der Waals surface area contributed by atoms with Gasteiger partial charge in [-0.15, -0.1) is 0 Å². The quantitative estimate of drug-likeness (QED) is 0.716. The number of hydrogen-bond donors (Lipinski definition) is 3. The summed E-state index contributed by atoms with van der Waals surface area (Å²) in [6.45, 7) is 10.8. The van der Waals surface area contributed by atoms with Gasteiger partial charge in [0.25, 0.3) is 0 Å². The maximum absolute atomic E-state index is 11.8. The zero-order chi connectivity index (χ0) is 14.8. The van der Waals surface area contributed by atoms with Crippen LogP contribution in [0, 0.1) is 16.7 Å². The van der Waals surface area contributed by atoms with Crippen molar-refractivity contribution < 1.29 is 14.7 Å². The first-order valence-corrected chi connectivity index (χ1v) is 6.78. The molecule has 0 saturated heterocycles. The van der Waals surface area contributed by atoms with E-state index in [2.05, 4.69) is 24.5 Å². The molecule has 19 heavy (non-hydrogen) atoms. The van der Waals surface area contributed by atoms with Crippen LogP contribution in [0.25, 0.3) is 0 Å². The smallest absolute Gasteiger partial charge is 0.315 e. The predicted octanol–water partition coefficient (Wildman–Crippen LogP) is 2.22. The lowest BCUT2D eigenvalue weighted by Gasteiger charge is -2.30. The number of carbonyl (C=O) groups excluding carboxylic acids is 1. The maximum atomic E-state index is 11.8. The molecule has 3 N–H and O–H groups in total. The summed E-state index contributed by atoms with van der Waals surface area (Å²) >= 11 is 0. The average Bonchev–Trinajstić information content (AvgIpc) is 2.80. The van der Waals surface area contributed by atoms with Crippen LogP contribution in [0.5, 0.6) is 0 Å². The molecule has 1 aliphatic rings. The molecule has 0 aromatic heterocycles. The molecular weight excluding hydrogens is 244 g/mol. The Kier molecular flexibility index (Phi) is 4.48. The first kappa shape index (κ1) is 15.8. The number of aliphatic carboxylic acids is 1. The van der Waals surface area contributed by atoms with E-state index in [1.165, 1.54) is 0 Å². The summed E-state index contributed by atoms with van der Waals surface area (Å²) in [5.41, 5.74) is 0.0480. The van der Waals surface area contributed by atoms with Gasteiger partial charge in [0.2, 0.25) is 0 Å². The highest BCUT2D eigenvalue weighted by Gasteiger charge is 2.45. The van der Waals surface area contributed by atoms with Gasteiger partial charge < -0.3 is 15.7 Å². The minimum atomic E-state index is -0.899. The highest BCUT2D eigenvalue weighted by molar-refractivity contribution is 5.75. The van der Waals surface area contributed by atoms with Crippen molar-refractivity contribution in [2.45, 2.75) is 53.5 Å². The van der Waals surface area contributed by atoms with Crippen LogP contribution in [-0.2, 0) is 4.79 Å². The Hall–Kier alpha value is -1.26. The number of rotatable bonds is 5. The fourth-order valence-corrected chi connectivity index (χ4v) is 2.10. The van der Waals surface area contributed by atoms with Crippen LogP contribution in [0.3, 0.4) is 0 Å². The van der Waals surface area contributed by atoms with Gasteiger partial charge in [0.05, 0.1) is 6.42 Å². The average molecular weight is 270 g/mol. The van der Waals surface area contributed by atoms with Gasteiger partial charge in [-0.2, -0.15) is 0 Å². The van der Waals surface area contributed by atoms with Crippen molar-refractivity contribution in [1.29, 1.82) is 0 Å². The van der Waals surface area contributed by atoms with E-state index in [0.717, 1.165) is 6.42 Å². The van der Waals surface area contributed by atoms with Crippen LogP contribution in [-0.4, -0.2) is 29.7 Å². The van der Waals surface area contributed by atoms with Gasteiger partial charge in [0, 0.05) is 12.6 Å². The van der Waals surface area contributed by atoms with E-state index in [0.29, 0.717) is 17.9 Å². The summed E-state index contributed by atoms with van der Waals surface area (Å²) < 4.78 is 0. The molecule has 2 unspecified atom stereocenters. The molecular formula is C14H26N2O3. The summed E-state index contributed by atoms with van der Waals surface area (Å²) in [5, 5.41) is 14.5. The second-order valence-electron chi connectivity index (χ2n) is 7.26. The van der Waals surface area contributed by atoms with Crippen molar-refractivity contribution in [2.75, 3.05) is 6.54 Å². The van der Waals surface area contributed by atoms with Crippen LogP contribution < -0.4 is 10.6 Å². The summed E-state index contributed by atoms with van der Waals surface area (Å²) in [5.74, 6) is -0.366. The third kappa shape index (κ3) is 5.09. The van der Waals surface area contributed by atoms with E-state index in [9.17, 15) is 9.59 Å². The van der Waals surface area contributed by atoms with E-state index < -0.39 is 5.97 Å². The predicted molar refractivity (Wildman–Crippen MR) is 73.9 cm³/mol. The molecule has 0 heterocycles. The Morgan fingerprint density at radius 1 is 1.37 bits per heavy atom. The van der Waals surface area contributed by atoms with Crippen molar-refractivity contribution in [3.05, 3.63) is 0 Å². The summed E-state index contributed by atoms with van der Waals surface area (Å²) in [7, 11) is 0. The SMILES string of the molecule is CC(C)(C)C(CC(=O)O)NC(=O)NCC1CC1(C)C. The highest BCUT2D eigenvalue weighted by atomic mass is 16.4. The van der Waals surface area contributed by atoms with Gasteiger partial charge >= 0.3 is 12.0 Å². The van der Waals surface area contributed by atoms with E-state index in [4.69, 9.17) is 5.11 Å². The normalized spacial score (nSPS) is 22.5. The van der Waals surface area contributed by atoms with Gasteiger partial charge in [0.15, 0.2) is 0 Å². The lowest BCUT2D eigenvalue weighted by atomic mass is 9.85. The molecule has 2 atom stereocenters. The summed E-state index contributed by atoms with van der Waals surface area (Å²) in [6.07, 6.45) is 1.07. The van der Waals surface area contributed by atoms with Gasteiger partial charge in [-0.05, 0) is 23.2 Å². The highest BCUT2D eigenvalue weighted by Crippen LogP contribution is 2.50. The Bertz CT molecular complexity index is 358. The fraction of sp³-hybridized carbons (Fsp3) is 0.857. The number of nitrogens with one attached hydrogen (secondary N) is 2. The molecule has 1 aliphatic carbocycles. The third-order valence-electron chi connectivity index (χ3n) is 3.96. The summed E-state index contributed by atoms with van der Waals surface area (Å²) in [4.78, 5) is 22.6. The Morgan fingerprint density at radius 2 is 1.89 bits per heavy atom. The molecule has 0 aromatic rings. The molecule has 0 aromatic carbocycles. The van der Waals surface area contributed by atoms with Gasteiger partial charge in [-0.25, -0.2) is 4.79 Å².